The van der Waals surface area contributed by atoms with Crippen LogP contribution in [0, 0.1) is 35.3 Å². The summed E-state index contributed by atoms with van der Waals surface area (Å²) in [5.74, 6) is 0.317. The van der Waals surface area contributed by atoms with Crippen LogP contribution in [0.1, 0.15) is 5.56 Å². The molecule has 0 saturated carbocycles. The van der Waals surface area contributed by atoms with Gasteiger partial charge in [0.05, 0.1) is 36.6 Å². The van der Waals surface area contributed by atoms with Gasteiger partial charge in [0.2, 0.25) is 0 Å². The lowest BCUT2D eigenvalue weighted by Gasteiger charge is -2.23. The number of halogens is 2. The fourth-order valence-electron chi connectivity index (χ4n) is 2.54. The van der Waals surface area contributed by atoms with E-state index in [1.165, 1.54) is 11.1 Å². The molecule has 3 rings (SSSR count). The third kappa shape index (κ3) is 2.87. The Balaban J connectivity index is 2.21. The molecule has 1 aromatic heterocycles. The van der Waals surface area contributed by atoms with Gasteiger partial charge in [-0.1, -0.05) is 18.1 Å². The molecule has 0 amide bonds. The number of hydrogen-bond acceptors (Lipinski definition) is 5. The normalized spacial score (nSPS) is 10.2. The van der Waals surface area contributed by atoms with Gasteiger partial charge in [-0.25, -0.2) is 13.8 Å². The van der Waals surface area contributed by atoms with Crippen LogP contribution in [0.15, 0.2) is 36.5 Å². The van der Waals surface area contributed by atoms with Crippen LogP contribution in [-0.2, 0) is 0 Å². The highest BCUT2D eigenvalue weighted by Gasteiger charge is 2.24. The molecule has 0 fully saturated rings. The van der Waals surface area contributed by atoms with Crippen molar-refractivity contribution in [3.05, 3.63) is 53.7 Å². The average Bonchev–Trinajstić information content (AvgIpc) is 2.67. The van der Waals surface area contributed by atoms with E-state index in [4.69, 9.17) is 16.4 Å². The highest BCUT2D eigenvalue weighted by molar-refractivity contribution is 5.77. The number of aromatic nitrogens is 2. The summed E-state index contributed by atoms with van der Waals surface area (Å²) in [5, 5.41) is 9.02. The second kappa shape index (κ2) is 7.04. The Kier molecular flexibility index (Phi) is 4.64. The molecule has 1 heterocycles. The van der Waals surface area contributed by atoms with Gasteiger partial charge in [0.25, 0.3) is 0 Å². The van der Waals surface area contributed by atoms with Gasteiger partial charge in [-0.15, -0.1) is 6.42 Å². The second-order valence-corrected chi connectivity index (χ2v) is 5.22. The van der Waals surface area contributed by atoms with Crippen LogP contribution in [0.5, 0.6) is 5.75 Å². The summed E-state index contributed by atoms with van der Waals surface area (Å²) in [4.78, 5) is 9.97. The molecule has 26 heavy (non-hydrogen) atoms. The first-order valence-electron chi connectivity index (χ1n) is 7.49. The molecule has 7 heteroatoms. The number of nitrogens with zero attached hydrogens (tertiary/aromatic N) is 4. The zero-order valence-electron chi connectivity index (χ0n) is 13.7. The Hall–Kier alpha value is -3.71. The summed E-state index contributed by atoms with van der Waals surface area (Å²) in [6, 6.07) is 9.62. The largest absolute Gasteiger partial charge is 0.492 e. The number of hydrogen-bond donors (Lipinski definition) is 0. The van der Waals surface area contributed by atoms with Crippen LogP contribution in [0.25, 0.3) is 11.0 Å². The zero-order chi connectivity index (χ0) is 18.7. The van der Waals surface area contributed by atoms with Gasteiger partial charge in [-0.2, -0.15) is 5.26 Å². The van der Waals surface area contributed by atoms with E-state index in [1.54, 1.807) is 24.3 Å². The molecule has 0 spiro atoms. The number of ether oxygens (including phenoxy) is 1. The van der Waals surface area contributed by atoms with E-state index in [9.17, 15) is 8.78 Å². The quantitative estimate of drug-likeness (QED) is 0.673. The Morgan fingerprint density at radius 1 is 1.27 bits per heavy atom. The van der Waals surface area contributed by atoms with E-state index in [0.29, 0.717) is 11.0 Å². The zero-order valence-corrected chi connectivity index (χ0v) is 13.7. The Bertz CT molecular complexity index is 1070. The predicted molar refractivity (Wildman–Crippen MR) is 93.0 cm³/mol. The van der Waals surface area contributed by atoms with Crippen LogP contribution in [0.4, 0.5) is 20.3 Å². The van der Waals surface area contributed by atoms with Crippen molar-refractivity contribution in [2.75, 3.05) is 18.6 Å². The lowest BCUT2D eigenvalue weighted by molar-refractivity contribution is 0.381. The maximum absolute atomic E-state index is 14.9. The number of para-hydroxylation sites is 2. The molecule has 0 saturated heterocycles. The molecule has 0 atom stereocenters. The standard InChI is InChI=1S/C19H12F2N4O/c1-3-8-25(17-11-23-14-6-4-5-7-15(14)24-17)16-9-13(20)12(10-22)19(26-2)18(16)21/h1,4-7,9,11H,8H2,2H3. The topological polar surface area (TPSA) is 62.0 Å². The van der Waals surface area contributed by atoms with Crippen molar-refractivity contribution < 1.29 is 13.5 Å². The molecule has 0 N–H and O–H groups in total. The van der Waals surface area contributed by atoms with Gasteiger partial charge in [0.15, 0.2) is 17.4 Å². The van der Waals surface area contributed by atoms with E-state index in [-0.39, 0.29) is 18.1 Å². The van der Waals surface area contributed by atoms with E-state index in [1.807, 2.05) is 6.07 Å². The van der Waals surface area contributed by atoms with Crippen LogP contribution < -0.4 is 9.64 Å². The molecule has 0 unspecified atom stereocenters. The number of nitriles is 1. The molecule has 5 nitrogen and oxygen atoms in total. The van der Waals surface area contributed by atoms with Crippen molar-refractivity contribution in [3.63, 3.8) is 0 Å². The van der Waals surface area contributed by atoms with Gasteiger partial charge in [-0.05, 0) is 12.1 Å². The Labute approximate surface area is 148 Å². The summed E-state index contributed by atoms with van der Waals surface area (Å²) in [6.07, 6.45) is 6.81. The third-order valence-electron chi connectivity index (χ3n) is 3.72. The molecule has 0 aliphatic carbocycles. The van der Waals surface area contributed by atoms with Gasteiger partial charge >= 0.3 is 0 Å². The van der Waals surface area contributed by atoms with Crippen LogP contribution in [0.2, 0.25) is 0 Å². The summed E-state index contributed by atoms with van der Waals surface area (Å²) in [7, 11) is 1.16. The Morgan fingerprint density at radius 3 is 2.65 bits per heavy atom. The number of methoxy groups -OCH3 is 1. The lowest BCUT2D eigenvalue weighted by atomic mass is 10.1. The van der Waals surface area contributed by atoms with E-state index >= 15 is 0 Å². The smallest absolute Gasteiger partial charge is 0.190 e. The second-order valence-electron chi connectivity index (χ2n) is 5.22. The molecule has 3 aromatic rings. The average molecular weight is 350 g/mol. The monoisotopic (exact) mass is 350 g/mol. The Morgan fingerprint density at radius 2 is 2.00 bits per heavy atom. The summed E-state index contributed by atoms with van der Waals surface area (Å²) in [6.45, 7) is -0.0849. The van der Waals surface area contributed by atoms with Crippen LogP contribution >= 0.6 is 0 Å². The van der Waals surface area contributed by atoms with Crippen molar-refractivity contribution in [1.29, 1.82) is 5.26 Å². The van der Waals surface area contributed by atoms with Crippen molar-refractivity contribution >= 4 is 22.5 Å². The van der Waals surface area contributed by atoms with E-state index in [2.05, 4.69) is 15.9 Å². The van der Waals surface area contributed by atoms with Crippen molar-refractivity contribution in [2.24, 2.45) is 0 Å². The fraction of sp³-hybridized carbons (Fsp3) is 0.105. The highest BCUT2D eigenvalue weighted by atomic mass is 19.1. The van der Waals surface area contributed by atoms with Gasteiger partial charge in [0, 0.05) is 6.07 Å². The summed E-state index contributed by atoms with van der Waals surface area (Å²) < 4.78 is 34.0. The molecule has 0 bridgehead atoms. The first-order chi connectivity index (χ1) is 12.6. The maximum atomic E-state index is 14.9. The van der Waals surface area contributed by atoms with Crippen molar-refractivity contribution in [1.82, 2.24) is 9.97 Å². The number of benzene rings is 2. The first-order valence-corrected chi connectivity index (χ1v) is 7.49. The number of terminal acetylenes is 1. The third-order valence-corrected chi connectivity index (χ3v) is 3.72. The maximum Gasteiger partial charge on any atom is 0.190 e. The van der Waals surface area contributed by atoms with E-state index < -0.39 is 22.9 Å². The van der Waals surface area contributed by atoms with Gasteiger partial charge in [0.1, 0.15) is 17.4 Å². The van der Waals surface area contributed by atoms with Gasteiger partial charge in [-0.3, -0.25) is 4.98 Å². The van der Waals surface area contributed by atoms with Crippen molar-refractivity contribution in [2.45, 2.75) is 0 Å². The number of anilines is 2. The molecular formula is C19H12F2N4O. The fourth-order valence-corrected chi connectivity index (χ4v) is 2.54. The minimum absolute atomic E-state index is 0.0849. The molecule has 0 radical (unpaired) electrons. The highest BCUT2D eigenvalue weighted by Crippen LogP contribution is 2.35. The SMILES string of the molecule is C#CCN(c1cnc2ccccc2n1)c1cc(F)c(C#N)c(OC)c1F. The number of rotatable bonds is 4. The number of fused-ring (bicyclic) bond motifs is 1. The van der Waals surface area contributed by atoms with Crippen molar-refractivity contribution in [3.8, 4) is 24.2 Å². The lowest BCUT2D eigenvalue weighted by Crippen LogP contribution is -2.21. The minimum atomic E-state index is -0.920. The summed E-state index contributed by atoms with van der Waals surface area (Å²) >= 11 is 0. The van der Waals surface area contributed by atoms with Crippen LogP contribution in [0.3, 0.4) is 0 Å². The minimum Gasteiger partial charge on any atom is -0.492 e. The molecular weight excluding hydrogens is 338 g/mol. The molecule has 128 valence electrons. The summed E-state index contributed by atoms with van der Waals surface area (Å²) in [5.41, 5.74) is 0.523. The van der Waals surface area contributed by atoms with E-state index in [0.717, 1.165) is 13.2 Å². The van der Waals surface area contributed by atoms with Gasteiger partial charge < -0.3 is 9.64 Å². The predicted octanol–water partition coefficient (Wildman–Crippen LogP) is 3.56. The molecule has 2 aromatic carbocycles. The first kappa shape index (κ1) is 17.1. The molecule has 0 aliphatic heterocycles. The molecule has 0 aliphatic rings. The van der Waals surface area contributed by atoms with Crippen LogP contribution in [-0.4, -0.2) is 23.6 Å².